The molecule has 0 spiro atoms. The minimum Gasteiger partial charge on any atom is -0.491 e. The summed E-state index contributed by atoms with van der Waals surface area (Å²) < 4.78 is 6.75. The van der Waals surface area contributed by atoms with Gasteiger partial charge >= 0.3 is 0 Å². The van der Waals surface area contributed by atoms with Crippen LogP contribution in [-0.2, 0) is 0 Å². The van der Waals surface area contributed by atoms with Crippen LogP contribution >= 0.6 is 22.6 Å². The molecule has 0 unspecified atom stereocenters. The number of hydrogen-bond donors (Lipinski definition) is 2. The van der Waals surface area contributed by atoms with Gasteiger partial charge in [-0.2, -0.15) is 0 Å². The lowest BCUT2D eigenvalue weighted by Crippen LogP contribution is -2.28. The molecule has 0 aliphatic carbocycles. The van der Waals surface area contributed by atoms with Crippen molar-refractivity contribution in [3.8, 4) is 5.75 Å². The first-order valence-electron chi connectivity index (χ1n) is 5.37. The number of aliphatic hydroxyl groups is 1. The van der Waals surface area contributed by atoms with Crippen LogP contribution in [-0.4, -0.2) is 30.9 Å². The molecule has 0 heterocycles. The van der Waals surface area contributed by atoms with Crippen molar-refractivity contribution < 1.29 is 9.84 Å². The fraction of sp³-hybridized carbons (Fsp3) is 0.500. The van der Waals surface area contributed by atoms with Crippen molar-refractivity contribution in [2.24, 2.45) is 0 Å². The van der Waals surface area contributed by atoms with Crippen molar-refractivity contribution in [3.63, 3.8) is 0 Å². The van der Waals surface area contributed by atoms with Crippen molar-refractivity contribution in [2.45, 2.75) is 20.0 Å². The molecule has 1 atom stereocenters. The summed E-state index contributed by atoms with van der Waals surface area (Å²) in [6.45, 7) is 5.79. The lowest BCUT2D eigenvalue weighted by molar-refractivity contribution is 0.188. The number of halogens is 1. The summed E-state index contributed by atoms with van der Waals surface area (Å²) in [5, 5.41) is 12.1. The largest absolute Gasteiger partial charge is 0.491 e. The predicted octanol–water partition coefficient (Wildman–Crippen LogP) is 1.95. The third-order valence-corrected chi connectivity index (χ3v) is 2.91. The van der Waals surface area contributed by atoms with E-state index in [9.17, 15) is 0 Å². The van der Waals surface area contributed by atoms with E-state index in [-0.39, 0.29) is 6.10 Å². The Hall–Kier alpha value is -0.330. The van der Waals surface area contributed by atoms with Crippen molar-refractivity contribution in [2.75, 3.05) is 19.7 Å². The number of benzene rings is 1. The average Bonchev–Trinajstić information content (AvgIpc) is 2.20. The first-order valence-corrected chi connectivity index (χ1v) is 6.45. The maximum Gasteiger partial charge on any atom is 0.132 e. The maximum atomic E-state index is 9.04. The van der Waals surface area contributed by atoms with Crippen molar-refractivity contribution in [1.82, 2.24) is 5.32 Å². The Morgan fingerprint density at radius 1 is 1.50 bits per heavy atom. The third-order valence-electron chi connectivity index (χ3n) is 2.06. The van der Waals surface area contributed by atoms with Gasteiger partial charge in [0.1, 0.15) is 12.4 Å². The average molecular weight is 335 g/mol. The molecule has 3 nitrogen and oxygen atoms in total. The van der Waals surface area contributed by atoms with Gasteiger partial charge in [-0.05, 0) is 54.1 Å². The van der Waals surface area contributed by atoms with Gasteiger partial charge in [0.15, 0.2) is 0 Å². The summed E-state index contributed by atoms with van der Waals surface area (Å²) in [7, 11) is 0. The van der Waals surface area contributed by atoms with Crippen molar-refractivity contribution in [3.05, 3.63) is 27.3 Å². The van der Waals surface area contributed by atoms with E-state index in [2.05, 4.69) is 40.9 Å². The lowest BCUT2D eigenvalue weighted by Gasteiger charge is -2.10. The first kappa shape index (κ1) is 13.7. The topological polar surface area (TPSA) is 41.5 Å². The first-order chi connectivity index (χ1) is 7.59. The van der Waals surface area contributed by atoms with Gasteiger partial charge in [0.2, 0.25) is 0 Å². The molecule has 0 radical (unpaired) electrons. The molecule has 0 saturated heterocycles. The van der Waals surface area contributed by atoms with E-state index < -0.39 is 0 Å². The molecule has 1 rings (SSSR count). The number of hydrogen-bond acceptors (Lipinski definition) is 3. The summed E-state index contributed by atoms with van der Waals surface area (Å²) in [5.74, 6) is 0.921. The summed E-state index contributed by atoms with van der Waals surface area (Å²) in [5.41, 5.74) is 1.24. The fourth-order valence-corrected chi connectivity index (χ4v) is 2.09. The molecule has 4 heteroatoms. The Bertz CT molecular complexity index is 329. The van der Waals surface area contributed by atoms with Gasteiger partial charge in [-0.25, -0.2) is 0 Å². The molecule has 16 heavy (non-hydrogen) atoms. The standard InChI is InChI=1S/C12H18INO2/c1-9-3-4-12(11(13)7-9)16-6-5-14-8-10(2)15/h3-4,7,10,14-15H,5-6,8H2,1-2H3/t10-/m1/s1. The van der Waals surface area contributed by atoms with Crippen molar-refractivity contribution in [1.29, 1.82) is 0 Å². The molecule has 0 aliphatic rings. The highest BCUT2D eigenvalue weighted by Gasteiger charge is 2.00. The van der Waals surface area contributed by atoms with Gasteiger partial charge in [0, 0.05) is 13.1 Å². The van der Waals surface area contributed by atoms with Crippen LogP contribution in [0.5, 0.6) is 5.75 Å². The number of aliphatic hydroxyl groups excluding tert-OH is 1. The normalized spacial score (nSPS) is 12.5. The molecular weight excluding hydrogens is 317 g/mol. The Balaban J connectivity index is 2.27. The number of nitrogens with one attached hydrogen (secondary N) is 1. The molecule has 1 aromatic carbocycles. The van der Waals surface area contributed by atoms with E-state index in [1.165, 1.54) is 5.56 Å². The minimum absolute atomic E-state index is 0.306. The summed E-state index contributed by atoms with van der Waals surface area (Å²) in [4.78, 5) is 0. The number of ether oxygens (including phenoxy) is 1. The molecule has 0 amide bonds. The lowest BCUT2D eigenvalue weighted by atomic mass is 10.2. The van der Waals surface area contributed by atoms with E-state index >= 15 is 0 Å². The van der Waals surface area contributed by atoms with Crippen molar-refractivity contribution >= 4 is 22.6 Å². The summed E-state index contributed by atoms with van der Waals surface area (Å²) in [6, 6.07) is 6.13. The highest BCUT2D eigenvalue weighted by atomic mass is 127. The van der Waals surface area contributed by atoms with Gasteiger partial charge in [-0.15, -0.1) is 0 Å². The van der Waals surface area contributed by atoms with Crippen LogP contribution in [0.3, 0.4) is 0 Å². The van der Waals surface area contributed by atoms with Crippen LogP contribution in [0.2, 0.25) is 0 Å². The maximum absolute atomic E-state index is 9.04. The molecule has 90 valence electrons. The molecule has 0 saturated carbocycles. The quantitative estimate of drug-likeness (QED) is 0.617. The van der Waals surface area contributed by atoms with E-state index in [0.717, 1.165) is 15.9 Å². The Morgan fingerprint density at radius 3 is 2.88 bits per heavy atom. The Labute approximate surface area is 110 Å². The second-order valence-electron chi connectivity index (χ2n) is 3.84. The number of aryl methyl sites for hydroxylation is 1. The molecule has 1 aromatic rings. The molecule has 0 aliphatic heterocycles. The van der Waals surface area contributed by atoms with Gasteiger partial charge in [-0.1, -0.05) is 6.07 Å². The van der Waals surface area contributed by atoms with Gasteiger partial charge in [0.05, 0.1) is 9.67 Å². The zero-order chi connectivity index (χ0) is 12.0. The Morgan fingerprint density at radius 2 is 2.25 bits per heavy atom. The highest BCUT2D eigenvalue weighted by Crippen LogP contribution is 2.21. The SMILES string of the molecule is Cc1ccc(OCCNC[C@@H](C)O)c(I)c1. The molecular formula is C12H18INO2. The van der Waals surface area contributed by atoms with E-state index in [1.807, 2.05) is 12.1 Å². The van der Waals surface area contributed by atoms with Crippen LogP contribution in [0.25, 0.3) is 0 Å². The fourth-order valence-electron chi connectivity index (χ4n) is 1.27. The number of rotatable bonds is 6. The second kappa shape index (κ2) is 7.09. The zero-order valence-corrected chi connectivity index (χ0v) is 11.8. The van der Waals surface area contributed by atoms with Crippen LogP contribution in [0.1, 0.15) is 12.5 Å². The molecule has 0 bridgehead atoms. The van der Waals surface area contributed by atoms with E-state index in [4.69, 9.17) is 9.84 Å². The van der Waals surface area contributed by atoms with Crippen LogP contribution < -0.4 is 10.1 Å². The second-order valence-corrected chi connectivity index (χ2v) is 5.00. The molecule has 0 aromatic heterocycles. The third kappa shape index (κ3) is 5.14. The van der Waals surface area contributed by atoms with Gasteiger partial charge < -0.3 is 15.2 Å². The summed E-state index contributed by atoms with van der Waals surface area (Å²) in [6.07, 6.45) is -0.306. The Kier molecular flexibility index (Phi) is 6.08. The molecule has 2 N–H and O–H groups in total. The van der Waals surface area contributed by atoms with Crippen LogP contribution in [0.4, 0.5) is 0 Å². The smallest absolute Gasteiger partial charge is 0.132 e. The zero-order valence-electron chi connectivity index (χ0n) is 9.66. The predicted molar refractivity (Wildman–Crippen MR) is 73.9 cm³/mol. The minimum atomic E-state index is -0.306. The monoisotopic (exact) mass is 335 g/mol. The van der Waals surface area contributed by atoms with Gasteiger partial charge in [0.25, 0.3) is 0 Å². The van der Waals surface area contributed by atoms with Gasteiger partial charge in [-0.3, -0.25) is 0 Å². The highest BCUT2D eigenvalue weighted by molar-refractivity contribution is 14.1. The van der Waals surface area contributed by atoms with E-state index in [0.29, 0.717) is 13.2 Å². The molecule has 0 fully saturated rings. The van der Waals surface area contributed by atoms with Crippen LogP contribution in [0, 0.1) is 10.5 Å². The van der Waals surface area contributed by atoms with E-state index in [1.54, 1.807) is 6.92 Å². The van der Waals surface area contributed by atoms with Crippen LogP contribution in [0.15, 0.2) is 18.2 Å². The summed E-state index contributed by atoms with van der Waals surface area (Å²) >= 11 is 2.27.